The molecule has 0 fully saturated rings. The number of nitrogens with one attached hydrogen (secondary N) is 1. The van der Waals surface area contributed by atoms with Gasteiger partial charge in [0.25, 0.3) is 11.5 Å². The summed E-state index contributed by atoms with van der Waals surface area (Å²) in [6, 6.07) is 7.14. The van der Waals surface area contributed by atoms with Crippen LogP contribution in [-0.2, 0) is 7.05 Å². The molecule has 2 aromatic rings. The Morgan fingerprint density at radius 2 is 2.05 bits per heavy atom. The Morgan fingerprint density at radius 1 is 1.32 bits per heavy atom. The average Bonchev–Trinajstić information content (AvgIpc) is 2.37. The van der Waals surface area contributed by atoms with Gasteiger partial charge in [0, 0.05) is 36.6 Å². The van der Waals surface area contributed by atoms with Crippen molar-refractivity contribution in [2.24, 2.45) is 7.05 Å². The van der Waals surface area contributed by atoms with E-state index < -0.39 is 5.91 Å². The standard InChI is InChI=1S/C13H11ClN2O3/c1-16-5-4-8(6-12(16)18)13(19)15-9-2-3-10(14)11(17)7-9/h2-7,17H,1H3,(H,15,19). The topological polar surface area (TPSA) is 71.3 Å². The third-order valence-electron chi connectivity index (χ3n) is 2.57. The van der Waals surface area contributed by atoms with Gasteiger partial charge >= 0.3 is 0 Å². The Hall–Kier alpha value is -2.27. The molecule has 1 aromatic carbocycles. The first kappa shape index (κ1) is 13.2. The van der Waals surface area contributed by atoms with E-state index in [1.807, 2.05) is 0 Å². The molecule has 1 amide bonds. The normalized spacial score (nSPS) is 10.2. The molecular formula is C13H11ClN2O3. The molecular weight excluding hydrogens is 268 g/mol. The molecule has 0 unspecified atom stereocenters. The molecule has 0 aliphatic rings. The van der Waals surface area contributed by atoms with E-state index >= 15 is 0 Å². The first-order valence-corrected chi connectivity index (χ1v) is 5.82. The van der Waals surface area contributed by atoms with Crippen LogP contribution in [-0.4, -0.2) is 15.6 Å². The van der Waals surface area contributed by atoms with Gasteiger partial charge in [-0.05, 0) is 18.2 Å². The van der Waals surface area contributed by atoms with E-state index in [1.165, 1.54) is 35.0 Å². The van der Waals surface area contributed by atoms with E-state index in [9.17, 15) is 14.7 Å². The van der Waals surface area contributed by atoms with Crippen molar-refractivity contribution >= 4 is 23.2 Å². The van der Waals surface area contributed by atoms with Crippen molar-refractivity contribution in [2.45, 2.75) is 0 Å². The lowest BCUT2D eigenvalue weighted by molar-refractivity contribution is 0.102. The van der Waals surface area contributed by atoms with Crippen LogP contribution in [0.3, 0.4) is 0 Å². The number of rotatable bonds is 2. The Balaban J connectivity index is 2.23. The number of pyridine rings is 1. The molecule has 0 bridgehead atoms. The van der Waals surface area contributed by atoms with Gasteiger partial charge < -0.3 is 15.0 Å². The molecule has 5 nitrogen and oxygen atoms in total. The van der Waals surface area contributed by atoms with Crippen LogP contribution in [0.2, 0.25) is 5.02 Å². The van der Waals surface area contributed by atoms with E-state index in [2.05, 4.69) is 5.32 Å². The number of anilines is 1. The smallest absolute Gasteiger partial charge is 0.255 e. The number of carbonyl (C=O) groups is 1. The van der Waals surface area contributed by atoms with Crippen molar-refractivity contribution in [3.63, 3.8) is 0 Å². The molecule has 0 aliphatic carbocycles. The second kappa shape index (κ2) is 5.16. The summed E-state index contributed by atoms with van der Waals surface area (Å²) >= 11 is 5.67. The predicted molar refractivity (Wildman–Crippen MR) is 72.8 cm³/mol. The minimum absolute atomic E-state index is 0.122. The van der Waals surface area contributed by atoms with Gasteiger partial charge in [0.15, 0.2) is 0 Å². The average molecular weight is 279 g/mol. The molecule has 0 saturated heterocycles. The fourth-order valence-electron chi connectivity index (χ4n) is 1.48. The van der Waals surface area contributed by atoms with Crippen LogP contribution in [0, 0.1) is 0 Å². The predicted octanol–water partition coefficient (Wildman–Crippen LogP) is 2.00. The second-order valence-corrected chi connectivity index (χ2v) is 4.39. The van der Waals surface area contributed by atoms with Crippen molar-refractivity contribution < 1.29 is 9.90 Å². The van der Waals surface area contributed by atoms with E-state index in [4.69, 9.17) is 11.6 Å². The molecule has 1 aromatic heterocycles. The highest BCUT2D eigenvalue weighted by atomic mass is 35.5. The minimum atomic E-state index is -0.431. The summed E-state index contributed by atoms with van der Waals surface area (Å²) in [7, 11) is 1.60. The summed E-state index contributed by atoms with van der Waals surface area (Å²) in [6.07, 6.45) is 1.51. The summed E-state index contributed by atoms with van der Waals surface area (Å²) in [5.41, 5.74) is 0.372. The Kier molecular flexibility index (Phi) is 3.57. The van der Waals surface area contributed by atoms with Crippen molar-refractivity contribution in [2.75, 3.05) is 5.32 Å². The lowest BCUT2D eigenvalue weighted by Gasteiger charge is -2.06. The molecule has 2 rings (SSSR count). The first-order valence-electron chi connectivity index (χ1n) is 5.44. The zero-order valence-corrected chi connectivity index (χ0v) is 10.8. The van der Waals surface area contributed by atoms with Crippen LogP contribution < -0.4 is 10.9 Å². The molecule has 19 heavy (non-hydrogen) atoms. The van der Waals surface area contributed by atoms with Crippen molar-refractivity contribution in [1.29, 1.82) is 0 Å². The molecule has 0 atom stereocenters. The van der Waals surface area contributed by atoms with Gasteiger partial charge in [0.2, 0.25) is 0 Å². The summed E-state index contributed by atoms with van der Waals surface area (Å²) in [5, 5.41) is 12.2. The summed E-state index contributed by atoms with van der Waals surface area (Å²) in [5.74, 6) is -0.553. The lowest BCUT2D eigenvalue weighted by Crippen LogP contribution is -2.19. The Labute approximate surface area is 114 Å². The van der Waals surface area contributed by atoms with E-state index in [0.29, 0.717) is 5.69 Å². The number of carbonyl (C=O) groups excluding carboxylic acids is 1. The number of halogens is 1. The van der Waals surface area contributed by atoms with Crippen LogP contribution in [0.4, 0.5) is 5.69 Å². The maximum atomic E-state index is 11.9. The number of phenols is 1. The number of aromatic hydroxyl groups is 1. The number of aryl methyl sites for hydroxylation is 1. The molecule has 2 N–H and O–H groups in total. The number of hydrogen-bond donors (Lipinski definition) is 2. The zero-order valence-electron chi connectivity index (χ0n) is 10.1. The van der Waals surface area contributed by atoms with Crippen LogP contribution in [0.25, 0.3) is 0 Å². The molecule has 0 aliphatic heterocycles. The Bertz CT molecular complexity index is 695. The van der Waals surface area contributed by atoms with Gasteiger partial charge in [-0.25, -0.2) is 0 Å². The van der Waals surface area contributed by atoms with Crippen LogP contribution in [0.1, 0.15) is 10.4 Å². The van der Waals surface area contributed by atoms with Crippen LogP contribution in [0.5, 0.6) is 5.75 Å². The number of hydrogen-bond acceptors (Lipinski definition) is 3. The number of phenolic OH excluding ortho intramolecular Hbond substituents is 1. The quantitative estimate of drug-likeness (QED) is 0.882. The van der Waals surface area contributed by atoms with Crippen molar-refractivity contribution in [3.05, 3.63) is 57.5 Å². The van der Waals surface area contributed by atoms with Crippen LogP contribution >= 0.6 is 11.6 Å². The van der Waals surface area contributed by atoms with Crippen molar-refractivity contribution in [1.82, 2.24) is 4.57 Å². The van der Waals surface area contributed by atoms with Gasteiger partial charge in [-0.15, -0.1) is 0 Å². The minimum Gasteiger partial charge on any atom is -0.506 e. The highest BCUT2D eigenvalue weighted by Crippen LogP contribution is 2.26. The van der Waals surface area contributed by atoms with E-state index in [1.54, 1.807) is 13.1 Å². The molecule has 1 heterocycles. The molecule has 98 valence electrons. The molecule has 0 spiro atoms. The summed E-state index contributed by atoms with van der Waals surface area (Å²) in [4.78, 5) is 23.3. The summed E-state index contributed by atoms with van der Waals surface area (Å²) in [6.45, 7) is 0. The second-order valence-electron chi connectivity index (χ2n) is 3.98. The van der Waals surface area contributed by atoms with Gasteiger partial charge in [0.1, 0.15) is 5.75 Å². The molecule has 0 radical (unpaired) electrons. The zero-order chi connectivity index (χ0) is 14.0. The van der Waals surface area contributed by atoms with Crippen molar-refractivity contribution in [3.8, 4) is 5.75 Å². The molecule has 0 saturated carbocycles. The number of amides is 1. The number of benzene rings is 1. The largest absolute Gasteiger partial charge is 0.506 e. The lowest BCUT2D eigenvalue weighted by atomic mass is 10.2. The van der Waals surface area contributed by atoms with Crippen LogP contribution in [0.15, 0.2) is 41.3 Å². The van der Waals surface area contributed by atoms with E-state index in [0.717, 1.165) is 0 Å². The third kappa shape index (κ3) is 2.95. The fraction of sp³-hybridized carbons (Fsp3) is 0.0769. The third-order valence-corrected chi connectivity index (χ3v) is 2.89. The maximum Gasteiger partial charge on any atom is 0.255 e. The fourth-order valence-corrected chi connectivity index (χ4v) is 1.60. The number of aromatic nitrogens is 1. The monoisotopic (exact) mass is 278 g/mol. The maximum absolute atomic E-state index is 11.9. The van der Waals surface area contributed by atoms with Gasteiger partial charge in [0.05, 0.1) is 5.02 Å². The highest BCUT2D eigenvalue weighted by Gasteiger charge is 2.08. The Morgan fingerprint density at radius 3 is 2.68 bits per heavy atom. The van der Waals surface area contributed by atoms with E-state index in [-0.39, 0.29) is 21.9 Å². The first-order chi connectivity index (χ1) is 8.97. The highest BCUT2D eigenvalue weighted by molar-refractivity contribution is 6.32. The number of nitrogens with zero attached hydrogens (tertiary/aromatic N) is 1. The van der Waals surface area contributed by atoms with Gasteiger partial charge in [-0.2, -0.15) is 0 Å². The summed E-state index contributed by atoms with van der Waals surface area (Å²) < 4.78 is 1.37. The van der Waals surface area contributed by atoms with Gasteiger partial charge in [-0.3, -0.25) is 9.59 Å². The SMILES string of the molecule is Cn1ccc(C(=O)Nc2ccc(Cl)c(O)c2)cc1=O. The van der Waals surface area contributed by atoms with Gasteiger partial charge in [-0.1, -0.05) is 11.6 Å². The molecule has 6 heteroatoms.